The average Bonchev–Trinajstić information content (AvgIpc) is 2.56. The molecule has 1 fully saturated rings. The van der Waals surface area contributed by atoms with Crippen LogP contribution in [0.5, 0.6) is 0 Å². The zero-order valence-electron chi connectivity index (χ0n) is 13.0. The molecule has 1 saturated heterocycles. The van der Waals surface area contributed by atoms with Crippen LogP contribution in [0.2, 0.25) is 0 Å². The molecule has 0 aliphatic carbocycles. The molecular weight excluding hydrogens is 284 g/mol. The molecule has 116 valence electrons. The number of hydrogen-bond donors (Lipinski definition) is 0. The molecule has 1 aromatic rings. The number of likely N-dealkylation sites (tertiary alicyclic amines) is 1. The fourth-order valence-electron chi connectivity index (χ4n) is 3.14. The van der Waals surface area contributed by atoms with Crippen LogP contribution in [0.1, 0.15) is 42.6 Å². The molecule has 0 N–H and O–H groups in total. The molecule has 0 saturated carbocycles. The maximum atomic E-state index is 12.6. The third kappa shape index (κ3) is 3.98. The number of carbonyl (C=O) groups is 1. The van der Waals surface area contributed by atoms with Crippen molar-refractivity contribution < 1.29 is 4.79 Å². The number of nitrogens with zero attached hydrogens (tertiary/aromatic N) is 2. The van der Waals surface area contributed by atoms with E-state index in [0.717, 1.165) is 50.1 Å². The summed E-state index contributed by atoms with van der Waals surface area (Å²) in [6.45, 7) is 8.30. The summed E-state index contributed by atoms with van der Waals surface area (Å²) in [7, 11) is 0. The molecule has 0 atom stereocenters. The van der Waals surface area contributed by atoms with Gasteiger partial charge >= 0.3 is 0 Å². The summed E-state index contributed by atoms with van der Waals surface area (Å²) in [6, 6.07) is 8.28. The van der Waals surface area contributed by atoms with Crippen molar-refractivity contribution in [3.05, 3.63) is 35.4 Å². The molecule has 3 nitrogen and oxygen atoms in total. The summed E-state index contributed by atoms with van der Waals surface area (Å²) in [5.74, 6) is 0.588. The number of hydrogen-bond acceptors (Lipinski definition) is 2. The second-order valence-electron chi connectivity index (χ2n) is 5.58. The van der Waals surface area contributed by atoms with Gasteiger partial charge in [0.25, 0.3) is 5.91 Å². The van der Waals surface area contributed by atoms with Gasteiger partial charge in [-0.2, -0.15) is 0 Å². The van der Waals surface area contributed by atoms with E-state index in [1.807, 2.05) is 29.2 Å². The van der Waals surface area contributed by atoms with E-state index in [9.17, 15) is 4.79 Å². The number of benzene rings is 1. The molecule has 1 aliphatic heterocycles. The maximum Gasteiger partial charge on any atom is 0.253 e. The van der Waals surface area contributed by atoms with Crippen LogP contribution in [-0.2, 0) is 5.88 Å². The fraction of sp³-hybridized carbons (Fsp3) is 0.588. The number of piperidine rings is 1. The Labute approximate surface area is 132 Å². The van der Waals surface area contributed by atoms with Crippen LogP contribution in [0.15, 0.2) is 24.3 Å². The monoisotopic (exact) mass is 308 g/mol. The molecule has 0 aromatic heterocycles. The Morgan fingerprint density at radius 3 is 2.52 bits per heavy atom. The fourth-order valence-corrected chi connectivity index (χ4v) is 3.31. The van der Waals surface area contributed by atoms with Crippen LogP contribution in [-0.4, -0.2) is 47.9 Å². The maximum absolute atomic E-state index is 12.6. The van der Waals surface area contributed by atoms with Crippen LogP contribution < -0.4 is 0 Å². The molecule has 21 heavy (non-hydrogen) atoms. The predicted octanol–water partition coefficient (Wildman–Crippen LogP) is 3.37. The molecule has 4 heteroatoms. The number of halogens is 1. The molecule has 1 heterocycles. The highest BCUT2D eigenvalue weighted by atomic mass is 35.5. The van der Waals surface area contributed by atoms with Crippen LogP contribution in [0.4, 0.5) is 0 Å². The topological polar surface area (TPSA) is 23.6 Å². The van der Waals surface area contributed by atoms with Gasteiger partial charge in [-0.3, -0.25) is 4.79 Å². The smallest absolute Gasteiger partial charge is 0.253 e. The first kappa shape index (κ1) is 16.3. The molecule has 1 aliphatic rings. The van der Waals surface area contributed by atoms with Crippen molar-refractivity contribution in [3.8, 4) is 0 Å². The molecular formula is C17H25ClN2O. The Kier molecular flexibility index (Phi) is 6.07. The van der Waals surface area contributed by atoms with E-state index in [-0.39, 0.29) is 5.91 Å². The van der Waals surface area contributed by atoms with Crippen molar-refractivity contribution in [2.24, 2.45) is 0 Å². The van der Waals surface area contributed by atoms with E-state index in [0.29, 0.717) is 11.9 Å². The molecule has 1 aromatic carbocycles. The van der Waals surface area contributed by atoms with Gasteiger partial charge in [-0.05, 0) is 43.6 Å². The number of carbonyl (C=O) groups excluding carboxylic acids is 1. The zero-order chi connectivity index (χ0) is 15.2. The third-order valence-electron chi connectivity index (χ3n) is 4.41. The minimum Gasteiger partial charge on any atom is -0.339 e. The van der Waals surface area contributed by atoms with Crippen LogP contribution >= 0.6 is 11.6 Å². The Balaban J connectivity index is 1.96. The minimum absolute atomic E-state index is 0.139. The van der Waals surface area contributed by atoms with Gasteiger partial charge in [0.05, 0.1) is 0 Å². The van der Waals surface area contributed by atoms with Gasteiger partial charge < -0.3 is 9.80 Å². The van der Waals surface area contributed by atoms with Crippen molar-refractivity contribution in [3.63, 3.8) is 0 Å². The lowest BCUT2D eigenvalue weighted by Crippen LogP contribution is -2.46. The van der Waals surface area contributed by atoms with E-state index in [4.69, 9.17) is 11.6 Å². The van der Waals surface area contributed by atoms with E-state index < -0.39 is 0 Å². The molecule has 0 bridgehead atoms. The normalized spacial score (nSPS) is 16.5. The molecule has 0 spiro atoms. The highest BCUT2D eigenvalue weighted by Crippen LogP contribution is 2.19. The first-order valence-corrected chi connectivity index (χ1v) is 8.41. The lowest BCUT2D eigenvalue weighted by atomic mass is 10.0. The molecule has 2 rings (SSSR count). The number of amides is 1. The lowest BCUT2D eigenvalue weighted by molar-refractivity contribution is 0.0631. The summed E-state index contributed by atoms with van der Waals surface area (Å²) in [6.07, 6.45) is 2.14. The Hall–Kier alpha value is -1.06. The number of alkyl halides is 1. The average molecular weight is 309 g/mol. The van der Waals surface area contributed by atoms with Gasteiger partial charge in [0.1, 0.15) is 0 Å². The Morgan fingerprint density at radius 2 is 1.95 bits per heavy atom. The Morgan fingerprint density at radius 1 is 1.29 bits per heavy atom. The van der Waals surface area contributed by atoms with Crippen LogP contribution in [0.3, 0.4) is 0 Å². The quantitative estimate of drug-likeness (QED) is 0.779. The summed E-state index contributed by atoms with van der Waals surface area (Å²) in [4.78, 5) is 17.0. The van der Waals surface area contributed by atoms with E-state index >= 15 is 0 Å². The van der Waals surface area contributed by atoms with E-state index in [1.165, 1.54) is 0 Å². The van der Waals surface area contributed by atoms with Gasteiger partial charge in [-0.1, -0.05) is 26.0 Å². The van der Waals surface area contributed by atoms with Crippen molar-refractivity contribution >= 4 is 17.5 Å². The van der Waals surface area contributed by atoms with Crippen molar-refractivity contribution in [2.45, 2.75) is 38.6 Å². The van der Waals surface area contributed by atoms with Crippen LogP contribution in [0.25, 0.3) is 0 Å². The van der Waals surface area contributed by atoms with Crippen molar-refractivity contribution in [2.75, 3.05) is 26.2 Å². The molecule has 0 radical (unpaired) electrons. The van der Waals surface area contributed by atoms with Crippen molar-refractivity contribution in [1.82, 2.24) is 9.80 Å². The van der Waals surface area contributed by atoms with Gasteiger partial charge in [0.2, 0.25) is 0 Å². The van der Waals surface area contributed by atoms with E-state index in [1.54, 1.807) is 0 Å². The highest BCUT2D eigenvalue weighted by Gasteiger charge is 2.26. The minimum atomic E-state index is 0.139. The second-order valence-corrected chi connectivity index (χ2v) is 5.85. The predicted molar refractivity (Wildman–Crippen MR) is 87.8 cm³/mol. The second kappa shape index (κ2) is 7.81. The van der Waals surface area contributed by atoms with Gasteiger partial charge in [0.15, 0.2) is 0 Å². The summed E-state index contributed by atoms with van der Waals surface area (Å²) < 4.78 is 0. The SMILES string of the molecule is CCN(CC)C1CCN(C(=O)c2cccc(CCl)c2)CC1. The lowest BCUT2D eigenvalue weighted by Gasteiger charge is -2.37. The first-order valence-electron chi connectivity index (χ1n) is 7.87. The van der Waals surface area contributed by atoms with Gasteiger partial charge in [0, 0.05) is 30.6 Å². The largest absolute Gasteiger partial charge is 0.339 e. The summed E-state index contributed by atoms with van der Waals surface area (Å²) >= 11 is 5.84. The number of rotatable bonds is 5. The third-order valence-corrected chi connectivity index (χ3v) is 4.72. The van der Waals surface area contributed by atoms with Crippen molar-refractivity contribution in [1.29, 1.82) is 0 Å². The zero-order valence-corrected chi connectivity index (χ0v) is 13.8. The van der Waals surface area contributed by atoms with E-state index in [2.05, 4.69) is 18.7 Å². The highest BCUT2D eigenvalue weighted by molar-refractivity contribution is 6.17. The van der Waals surface area contributed by atoms with Gasteiger partial charge in [-0.15, -0.1) is 11.6 Å². The molecule has 1 amide bonds. The summed E-state index contributed by atoms with van der Waals surface area (Å²) in [5, 5.41) is 0. The standard InChI is InChI=1S/C17H25ClN2O/c1-3-19(4-2)16-8-10-20(11-9-16)17(21)15-7-5-6-14(12-15)13-18/h5-7,12,16H,3-4,8-11,13H2,1-2H3. The molecule has 0 unspecified atom stereocenters. The Bertz CT molecular complexity index is 466. The van der Waals surface area contributed by atoms with Crippen LogP contribution in [0, 0.1) is 0 Å². The van der Waals surface area contributed by atoms with Gasteiger partial charge in [-0.25, -0.2) is 0 Å². The first-order chi connectivity index (χ1) is 10.2. The summed E-state index contributed by atoms with van der Waals surface area (Å²) in [5.41, 5.74) is 1.76.